The second kappa shape index (κ2) is 4.59. The van der Waals surface area contributed by atoms with Gasteiger partial charge >= 0.3 is 5.97 Å². The highest BCUT2D eigenvalue weighted by atomic mass is 16.4. The summed E-state index contributed by atoms with van der Waals surface area (Å²) in [6.45, 7) is 3.39. The van der Waals surface area contributed by atoms with Gasteiger partial charge in [0.1, 0.15) is 5.69 Å². The van der Waals surface area contributed by atoms with E-state index in [4.69, 9.17) is 5.11 Å². The molecule has 15 heavy (non-hydrogen) atoms. The van der Waals surface area contributed by atoms with Crippen LogP contribution < -0.4 is 5.32 Å². The van der Waals surface area contributed by atoms with Crippen molar-refractivity contribution >= 4 is 11.9 Å². The molecule has 3 N–H and O–H groups in total. The minimum Gasteiger partial charge on any atom is -0.481 e. The number of hydrogen-bond acceptors (Lipinski definition) is 3. The third-order valence-corrected chi connectivity index (χ3v) is 1.91. The van der Waals surface area contributed by atoms with Crippen molar-refractivity contribution in [1.82, 2.24) is 15.5 Å². The van der Waals surface area contributed by atoms with Crippen LogP contribution in [0.25, 0.3) is 0 Å². The predicted molar refractivity (Wildman–Crippen MR) is 52.5 cm³/mol. The summed E-state index contributed by atoms with van der Waals surface area (Å²) in [5, 5.41) is 17.3. The number of H-pyrrole nitrogens is 1. The lowest BCUT2D eigenvalue weighted by Gasteiger charge is -2.10. The summed E-state index contributed by atoms with van der Waals surface area (Å²) >= 11 is 0. The quantitative estimate of drug-likeness (QED) is 0.668. The van der Waals surface area contributed by atoms with Crippen LogP contribution in [0, 0.1) is 6.92 Å². The summed E-state index contributed by atoms with van der Waals surface area (Å²) in [7, 11) is 0. The largest absolute Gasteiger partial charge is 0.481 e. The molecule has 0 saturated carbocycles. The van der Waals surface area contributed by atoms with Gasteiger partial charge in [0.25, 0.3) is 5.91 Å². The second-order valence-electron chi connectivity index (χ2n) is 3.40. The van der Waals surface area contributed by atoms with E-state index >= 15 is 0 Å². The van der Waals surface area contributed by atoms with Crippen LogP contribution in [0.15, 0.2) is 6.20 Å². The SMILES string of the molecule is Cc1cn[nH]c1C(=O)N[C@H](C)CC(=O)O. The van der Waals surface area contributed by atoms with Gasteiger partial charge in [0.15, 0.2) is 0 Å². The molecule has 0 saturated heterocycles. The smallest absolute Gasteiger partial charge is 0.305 e. The van der Waals surface area contributed by atoms with Gasteiger partial charge in [-0.25, -0.2) is 0 Å². The van der Waals surface area contributed by atoms with Crippen LogP contribution in [0.2, 0.25) is 0 Å². The number of carboxylic acids is 1. The molecule has 6 nitrogen and oxygen atoms in total. The summed E-state index contributed by atoms with van der Waals surface area (Å²) < 4.78 is 0. The van der Waals surface area contributed by atoms with Gasteiger partial charge in [-0.1, -0.05) is 0 Å². The lowest BCUT2D eigenvalue weighted by molar-refractivity contribution is -0.137. The van der Waals surface area contributed by atoms with E-state index in [1.807, 2.05) is 0 Å². The van der Waals surface area contributed by atoms with E-state index in [1.165, 1.54) is 6.20 Å². The fourth-order valence-electron chi connectivity index (χ4n) is 1.19. The van der Waals surface area contributed by atoms with E-state index in [9.17, 15) is 9.59 Å². The average molecular weight is 211 g/mol. The number of carboxylic acid groups (broad SMARTS) is 1. The molecule has 1 amide bonds. The molecule has 0 bridgehead atoms. The van der Waals surface area contributed by atoms with Crippen LogP contribution in [-0.4, -0.2) is 33.2 Å². The molecule has 1 aromatic heterocycles. The maximum atomic E-state index is 11.5. The van der Waals surface area contributed by atoms with Crippen LogP contribution in [-0.2, 0) is 4.79 Å². The zero-order valence-electron chi connectivity index (χ0n) is 8.57. The van der Waals surface area contributed by atoms with Crippen molar-refractivity contribution in [2.45, 2.75) is 26.3 Å². The van der Waals surface area contributed by atoms with Crippen LogP contribution in [0.5, 0.6) is 0 Å². The van der Waals surface area contributed by atoms with Gasteiger partial charge in [-0.15, -0.1) is 0 Å². The summed E-state index contributed by atoms with van der Waals surface area (Å²) in [4.78, 5) is 21.9. The summed E-state index contributed by atoms with van der Waals surface area (Å²) in [5.41, 5.74) is 1.10. The molecular formula is C9H13N3O3. The molecule has 0 radical (unpaired) electrons. The zero-order valence-corrected chi connectivity index (χ0v) is 8.57. The Balaban J connectivity index is 2.56. The summed E-state index contributed by atoms with van der Waals surface area (Å²) in [6, 6.07) is -0.405. The lowest BCUT2D eigenvalue weighted by atomic mass is 10.2. The van der Waals surface area contributed by atoms with Crippen molar-refractivity contribution in [1.29, 1.82) is 0 Å². The number of rotatable bonds is 4. The first-order valence-electron chi connectivity index (χ1n) is 4.53. The first-order chi connectivity index (χ1) is 7.00. The Kier molecular flexibility index (Phi) is 3.43. The molecule has 0 aliphatic carbocycles. The third kappa shape index (κ3) is 3.08. The maximum absolute atomic E-state index is 11.5. The molecule has 1 atom stereocenters. The monoisotopic (exact) mass is 211 g/mol. The Hall–Kier alpha value is -1.85. The second-order valence-corrected chi connectivity index (χ2v) is 3.40. The van der Waals surface area contributed by atoms with Crippen molar-refractivity contribution in [2.24, 2.45) is 0 Å². The van der Waals surface area contributed by atoms with Crippen molar-refractivity contribution < 1.29 is 14.7 Å². The number of nitrogens with zero attached hydrogens (tertiary/aromatic N) is 1. The van der Waals surface area contributed by atoms with Crippen molar-refractivity contribution in [3.05, 3.63) is 17.5 Å². The van der Waals surface area contributed by atoms with Crippen molar-refractivity contribution in [3.63, 3.8) is 0 Å². The van der Waals surface area contributed by atoms with E-state index in [0.29, 0.717) is 5.69 Å². The molecule has 1 aromatic rings. The topological polar surface area (TPSA) is 95.1 Å². The Morgan fingerprint density at radius 1 is 1.67 bits per heavy atom. The van der Waals surface area contributed by atoms with Gasteiger partial charge in [-0.05, 0) is 19.4 Å². The summed E-state index contributed by atoms with van der Waals surface area (Å²) in [5.74, 6) is -1.28. The Bertz CT molecular complexity index is 372. The molecule has 82 valence electrons. The van der Waals surface area contributed by atoms with Gasteiger partial charge < -0.3 is 10.4 Å². The fourth-order valence-corrected chi connectivity index (χ4v) is 1.19. The normalized spacial score (nSPS) is 12.1. The standard InChI is InChI=1S/C9H13N3O3/c1-5-4-10-12-8(5)9(15)11-6(2)3-7(13)14/h4,6H,3H2,1-2H3,(H,10,12)(H,11,15)(H,13,14)/t6-/m1/s1. The van der Waals surface area contributed by atoms with E-state index in [0.717, 1.165) is 5.56 Å². The number of aromatic amines is 1. The zero-order chi connectivity index (χ0) is 11.4. The van der Waals surface area contributed by atoms with Gasteiger partial charge in [-0.3, -0.25) is 14.7 Å². The minimum absolute atomic E-state index is 0.0983. The fraction of sp³-hybridized carbons (Fsp3) is 0.444. The molecule has 0 unspecified atom stereocenters. The average Bonchev–Trinajstić information content (AvgIpc) is 2.49. The van der Waals surface area contributed by atoms with Crippen LogP contribution in [0.4, 0.5) is 0 Å². The number of hydrogen-bond donors (Lipinski definition) is 3. The molecule has 0 aliphatic heterocycles. The third-order valence-electron chi connectivity index (χ3n) is 1.91. The number of carbonyl (C=O) groups is 2. The molecule has 6 heteroatoms. The Morgan fingerprint density at radius 2 is 2.33 bits per heavy atom. The van der Waals surface area contributed by atoms with Crippen LogP contribution >= 0.6 is 0 Å². The number of carbonyl (C=O) groups excluding carboxylic acids is 1. The molecule has 0 aromatic carbocycles. The highest BCUT2D eigenvalue weighted by molar-refractivity contribution is 5.93. The number of aliphatic carboxylic acids is 1. The Morgan fingerprint density at radius 3 is 2.80 bits per heavy atom. The van der Waals surface area contributed by atoms with E-state index in [1.54, 1.807) is 13.8 Å². The van der Waals surface area contributed by atoms with Gasteiger partial charge in [0.05, 0.1) is 12.6 Å². The highest BCUT2D eigenvalue weighted by Crippen LogP contribution is 2.02. The van der Waals surface area contributed by atoms with Gasteiger partial charge in [0.2, 0.25) is 0 Å². The van der Waals surface area contributed by atoms with E-state index in [-0.39, 0.29) is 12.3 Å². The number of aryl methyl sites for hydroxylation is 1. The molecule has 1 heterocycles. The number of amides is 1. The van der Waals surface area contributed by atoms with E-state index in [2.05, 4.69) is 15.5 Å². The van der Waals surface area contributed by atoms with Gasteiger partial charge in [0, 0.05) is 6.04 Å². The van der Waals surface area contributed by atoms with Crippen LogP contribution in [0.3, 0.4) is 0 Å². The molecule has 1 rings (SSSR count). The maximum Gasteiger partial charge on any atom is 0.305 e. The van der Waals surface area contributed by atoms with Crippen molar-refractivity contribution in [3.8, 4) is 0 Å². The number of nitrogens with one attached hydrogen (secondary N) is 2. The Labute approximate surface area is 86.7 Å². The predicted octanol–water partition coefficient (Wildman–Crippen LogP) is 0.311. The van der Waals surface area contributed by atoms with Crippen LogP contribution in [0.1, 0.15) is 29.4 Å². The van der Waals surface area contributed by atoms with E-state index < -0.39 is 12.0 Å². The first-order valence-corrected chi connectivity index (χ1v) is 4.53. The first kappa shape index (κ1) is 11.2. The molecular weight excluding hydrogens is 198 g/mol. The van der Waals surface area contributed by atoms with Crippen molar-refractivity contribution in [2.75, 3.05) is 0 Å². The minimum atomic E-state index is -0.941. The molecule has 0 fully saturated rings. The number of aromatic nitrogens is 2. The molecule has 0 spiro atoms. The summed E-state index contributed by atoms with van der Waals surface area (Å²) in [6.07, 6.45) is 1.44. The van der Waals surface area contributed by atoms with Gasteiger partial charge in [-0.2, -0.15) is 5.10 Å². The molecule has 0 aliphatic rings. The highest BCUT2D eigenvalue weighted by Gasteiger charge is 2.15. The lowest BCUT2D eigenvalue weighted by Crippen LogP contribution is -2.34.